The van der Waals surface area contributed by atoms with E-state index in [9.17, 15) is 19.1 Å². The summed E-state index contributed by atoms with van der Waals surface area (Å²) in [7, 11) is 0. The van der Waals surface area contributed by atoms with Crippen molar-refractivity contribution in [1.29, 1.82) is 0 Å². The Kier molecular flexibility index (Phi) is 3.09. The Labute approximate surface area is 100 Å². The number of nitrogens with zero attached hydrogens (tertiary/aromatic N) is 1. The zero-order chi connectivity index (χ0) is 13.5. The van der Waals surface area contributed by atoms with Crippen molar-refractivity contribution in [3.63, 3.8) is 0 Å². The van der Waals surface area contributed by atoms with Crippen molar-refractivity contribution in [2.24, 2.45) is 0 Å². The summed E-state index contributed by atoms with van der Waals surface area (Å²) in [4.78, 5) is 24.5. The molecule has 0 amide bonds. The summed E-state index contributed by atoms with van der Waals surface area (Å²) in [6.07, 6.45) is -3.49. The molecular formula is C10H13FN2O5. The first-order valence-corrected chi connectivity index (χ1v) is 5.33. The largest absolute Gasteiger partial charge is 0.394 e. The van der Waals surface area contributed by atoms with Crippen molar-refractivity contribution in [2.75, 3.05) is 6.61 Å². The Balaban J connectivity index is 2.49. The highest BCUT2D eigenvalue weighted by atomic mass is 19.1. The van der Waals surface area contributed by atoms with Crippen molar-refractivity contribution < 1.29 is 19.3 Å². The van der Waals surface area contributed by atoms with E-state index in [0.717, 1.165) is 16.8 Å². The van der Waals surface area contributed by atoms with Crippen molar-refractivity contribution in [1.82, 2.24) is 9.55 Å². The number of ether oxygens (including phenoxy) is 1. The number of aliphatic hydroxyl groups is 2. The maximum atomic E-state index is 14.0. The van der Waals surface area contributed by atoms with E-state index in [-0.39, 0.29) is 0 Å². The molecular weight excluding hydrogens is 247 g/mol. The highest BCUT2D eigenvalue weighted by Gasteiger charge is 2.54. The number of nitrogens with one attached hydrogen (secondary N) is 1. The van der Waals surface area contributed by atoms with E-state index in [4.69, 9.17) is 9.84 Å². The molecule has 2 heterocycles. The predicted octanol–water partition coefficient (Wildman–Crippen LogP) is -1.70. The number of H-pyrrole nitrogens is 1. The average Bonchev–Trinajstić information content (AvgIpc) is 2.54. The van der Waals surface area contributed by atoms with Gasteiger partial charge in [-0.15, -0.1) is 0 Å². The molecule has 1 aliphatic rings. The fourth-order valence-electron chi connectivity index (χ4n) is 2.05. The van der Waals surface area contributed by atoms with Gasteiger partial charge in [0.15, 0.2) is 11.9 Å². The first kappa shape index (κ1) is 12.9. The number of aromatic nitrogens is 2. The van der Waals surface area contributed by atoms with Crippen LogP contribution >= 0.6 is 0 Å². The molecule has 0 aromatic carbocycles. The average molecular weight is 260 g/mol. The van der Waals surface area contributed by atoms with Crippen LogP contribution in [0.3, 0.4) is 0 Å². The molecule has 18 heavy (non-hydrogen) atoms. The number of hydrogen-bond acceptors (Lipinski definition) is 5. The molecule has 4 atom stereocenters. The molecule has 1 saturated heterocycles. The van der Waals surface area contributed by atoms with E-state index < -0.39 is 42.0 Å². The lowest BCUT2D eigenvalue weighted by Gasteiger charge is -2.28. The fourth-order valence-corrected chi connectivity index (χ4v) is 2.05. The maximum absolute atomic E-state index is 14.0. The minimum absolute atomic E-state index is 0.574. The lowest BCUT2D eigenvalue weighted by Crippen LogP contribution is -2.47. The van der Waals surface area contributed by atoms with Crippen LogP contribution in [0.15, 0.2) is 21.9 Å². The van der Waals surface area contributed by atoms with Crippen LogP contribution in [0.2, 0.25) is 0 Å². The van der Waals surface area contributed by atoms with E-state index in [0.29, 0.717) is 0 Å². The Morgan fingerprint density at radius 2 is 2.28 bits per heavy atom. The molecule has 8 heteroatoms. The van der Waals surface area contributed by atoms with Gasteiger partial charge in [0.2, 0.25) is 0 Å². The fraction of sp³-hybridized carbons (Fsp3) is 0.600. The summed E-state index contributed by atoms with van der Waals surface area (Å²) >= 11 is 0. The molecule has 2 rings (SSSR count). The summed E-state index contributed by atoms with van der Waals surface area (Å²) in [6.45, 7) is 0.686. The highest BCUT2D eigenvalue weighted by Crippen LogP contribution is 2.36. The number of alkyl halides is 1. The van der Waals surface area contributed by atoms with E-state index in [1.807, 2.05) is 4.98 Å². The third kappa shape index (κ3) is 1.78. The smallest absolute Gasteiger partial charge is 0.330 e. The molecule has 0 saturated carbocycles. The van der Waals surface area contributed by atoms with Crippen LogP contribution in [-0.2, 0) is 10.5 Å². The minimum atomic E-state index is -1.90. The van der Waals surface area contributed by atoms with Crippen LogP contribution in [0.4, 0.5) is 4.39 Å². The normalized spacial score (nSPS) is 35.9. The summed E-state index contributed by atoms with van der Waals surface area (Å²) in [5, 5.41) is 18.5. The van der Waals surface area contributed by atoms with E-state index >= 15 is 0 Å². The number of aliphatic hydroxyl groups excluding tert-OH is 2. The number of halogens is 1. The van der Waals surface area contributed by atoms with Gasteiger partial charge in [-0.25, -0.2) is 9.18 Å². The van der Waals surface area contributed by atoms with Gasteiger partial charge in [-0.3, -0.25) is 14.3 Å². The van der Waals surface area contributed by atoms with Gasteiger partial charge < -0.3 is 14.9 Å². The molecule has 3 N–H and O–H groups in total. The van der Waals surface area contributed by atoms with Crippen molar-refractivity contribution in [3.8, 4) is 0 Å². The van der Waals surface area contributed by atoms with E-state index in [1.54, 1.807) is 0 Å². The van der Waals surface area contributed by atoms with Gasteiger partial charge >= 0.3 is 5.69 Å². The number of aromatic amines is 1. The number of rotatable bonds is 2. The third-order valence-electron chi connectivity index (χ3n) is 3.06. The van der Waals surface area contributed by atoms with Gasteiger partial charge in [0, 0.05) is 12.3 Å². The van der Waals surface area contributed by atoms with E-state index in [1.165, 1.54) is 6.92 Å². The number of hydrogen-bond donors (Lipinski definition) is 3. The molecule has 0 bridgehead atoms. The van der Waals surface area contributed by atoms with Crippen molar-refractivity contribution in [2.45, 2.75) is 31.0 Å². The third-order valence-corrected chi connectivity index (χ3v) is 3.06. The van der Waals surface area contributed by atoms with Crippen LogP contribution in [0.25, 0.3) is 0 Å². The first-order valence-electron chi connectivity index (χ1n) is 5.33. The highest BCUT2D eigenvalue weighted by molar-refractivity contribution is 4.99. The van der Waals surface area contributed by atoms with Crippen molar-refractivity contribution in [3.05, 3.63) is 33.1 Å². The zero-order valence-electron chi connectivity index (χ0n) is 9.54. The summed E-state index contributed by atoms with van der Waals surface area (Å²) in [6, 6.07) is 1.04. The first-order chi connectivity index (χ1) is 8.40. The Morgan fingerprint density at radius 1 is 1.61 bits per heavy atom. The van der Waals surface area contributed by atoms with Crippen LogP contribution in [0.1, 0.15) is 6.92 Å². The molecule has 1 aliphatic heterocycles. The summed E-state index contributed by atoms with van der Waals surface area (Å²) in [5.74, 6) is 0. The SMILES string of the molecule is CC1(n2ccc(=O)[nH]c2=O)O[C@H](CO)[C@@H](O)[C@H]1F. The lowest BCUT2D eigenvalue weighted by atomic mass is 10.1. The van der Waals surface area contributed by atoms with Gasteiger partial charge in [0.05, 0.1) is 6.61 Å². The van der Waals surface area contributed by atoms with Gasteiger partial charge in [0.25, 0.3) is 5.56 Å². The van der Waals surface area contributed by atoms with E-state index in [2.05, 4.69) is 0 Å². The van der Waals surface area contributed by atoms with Crippen LogP contribution in [0.5, 0.6) is 0 Å². The second kappa shape index (κ2) is 4.30. The van der Waals surface area contributed by atoms with Crippen LogP contribution in [-0.4, -0.2) is 44.8 Å². The molecule has 0 radical (unpaired) electrons. The van der Waals surface area contributed by atoms with Crippen LogP contribution < -0.4 is 11.2 Å². The summed E-state index contributed by atoms with van der Waals surface area (Å²) in [5.41, 5.74) is -3.24. The van der Waals surface area contributed by atoms with Gasteiger partial charge in [-0.05, 0) is 6.92 Å². The second-order valence-corrected chi connectivity index (χ2v) is 4.27. The molecule has 1 fully saturated rings. The molecule has 100 valence electrons. The molecule has 1 aromatic heterocycles. The molecule has 1 unspecified atom stereocenters. The molecule has 0 aliphatic carbocycles. The van der Waals surface area contributed by atoms with Gasteiger partial charge in [-0.1, -0.05) is 0 Å². The van der Waals surface area contributed by atoms with Gasteiger partial charge in [0.1, 0.15) is 12.2 Å². The molecule has 1 aromatic rings. The minimum Gasteiger partial charge on any atom is -0.394 e. The summed E-state index contributed by atoms with van der Waals surface area (Å²) < 4.78 is 20.1. The quantitative estimate of drug-likeness (QED) is 0.588. The standard InChI is InChI=1S/C10H13FN2O5/c1-10(8(11)7(16)5(4-14)18-10)13-3-2-6(15)12-9(13)17/h2-3,5,7-8,14,16H,4H2,1H3,(H,12,15,17)/t5-,7-,8-,10?/m1/s1. The van der Waals surface area contributed by atoms with Crippen molar-refractivity contribution >= 4 is 0 Å². The van der Waals surface area contributed by atoms with Gasteiger partial charge in [-0.2, -0.15) is 0 Å². The molecule has 0 spiro atoms. The monoisotopic (exact) mass is 260 g/mol. The predicted molar refractivity (Wildman–Crippen MR) is 57.8 cm³/mol. The Bertz CT molecular complexity index is 556. The molecule has 7 nitrogen and oxygen atoms in total. The topological polar surface area (TPSA) is 105 Å². The lowest BCUT2D eigenvalue weighted by molar-refractivity contribution is -0.123. The second-order valence-electron chi connectivity index (χ2n) is 4.27. The Morgan fingerprint density at radius 3 is 2.78 bits per heavy atom. The zero-order valence-corrected chi connectivity index (χ0v) is 9.54. The van der Waals surface area contributed by atoms with Crippen LogP contribution in [0, 0.1) is 0 Å². The Hall–Kier alpha value is -1.51. The maximum Gasteiger partial charge on any atom is 0.330 e.